The molecule has 1 saturated heterocycles. The summed E-state index contributed by atoms with van der Waals surface area (Å²) in [7, 11) is 0. The van der Waals surface area contributed by atoms with Crippen molar-refractivity contribution in [1.82, 2.24) is 20.4 Å². The van der Waals surface area contributed by atoms with Crippen LogP contribution in [0.25, 0.3) is 11.5 Å². The van der Waals surface area contributed by atoms with E-state index in [0.717, 1.165) is 23.6 Å². The summed E-state index contributed by atoms with van der Waals surface area (Å²) in [4.78, 5) is 8.93. The van der Waals surface area contributed by atoms with Crippen LogP contribution in [0.3, 0.4) is 0 Å². The Kier molecular flexibility index (Phi) is 3.22. The van der Waals surface area contributed by atoms with Gasteiger partial charge in [0.05, 0.1) is 6.04 Å². The maximum Gasteiger partial charge on any atom is 0.244 e. The summed E-state index contributed by atoms with van der Waals surface area (Å²) >= 11 is 0. The molecule has 21 heavy (non-hydrogen) atoms. The first kappa shape index (κ1) is 13.0. The van der Waals surface area contributed by atoms with Crippen LogP contribution >= 0.6 is 0 Å². The number of fused-ring (bicyclic) bond motifs is 1. The molecule has 0 bridgehead atoms. The van der Waals surface area contributed by atoms with Crippen LogP contribution in [0.15, 0.2) is 22.9 Å². The quantitative estimate of drug-likeness (QED) is 0.918. The smallest absolute Gasteiger partial charge is 0.244 e. The molecule has 110 valence electrons. The highest BCUT2D eigenvalue weighted by Gasteiger charge is 2.38. The molecule has 1 saturated carbocycles. The molecule has 3 atom stereocenters. The van der Waals surface area contributed by atoms with Crippen molar-refractivity contribution in [3.05, 3.63) is 29.8 Å². The SMILES string of the molecule is Cc1cccnc1-c1noc(C2CC3CCCCC3N2)n1. The Hall–Kier alpha value is -1.75. The molecule has 5 nitrogen and oxygen atoms in total. The first-order chi connectivity index (χ1) is 10.3. The molecule has 0 radical (unpaired) electrons. The number of aromatic nitrogens is 3. The normalized spacial score (nSPS) is 28.5. The predicted octanol–water partition coefficient (Wildman–Crippen LogP) is 3.03. The lowest BCUT2D eigenvalue weighted by Gasteiger charge is -2.24. The Labute approximate surface area is 124 Å². The number of hydrogen-bond donors (Lipinski definition) is 1. The summed E-state index contributed by atoms with van der Waals surface area (Å²) in [6.07, 6.45) is 8.19. The fourth-order valence-corrected chi connectivity index (χ4v) is 3.70. The van der Waals surface area contributed by atoms with Crippen molar-refractivity contribution in [3.63, 3.8) is 0 Å². The van der Waals surface area contributed by atoms with Crippen molar-refractivity contribution >= 4 is 0 Å². The number of rotatable bonds is 2. The molecular formula is C16H20N4O. The number of hydrogen-bond acceptors (Lipinski definition) is 5. The van der Waals surface area contributed by atoms with Gasteiger partial charge in [-0.3, -0.25) is 4.98 Å². The maximum atomic E-state index is 5.50. The van der Waals surface area contributed by atoms with Gasteiger partial charge in [-0.05, 0) is 43.7 Å². The van der Waals surface area contributed by atoms with Gasteiger partial charge in [0.1, 0.15) is 5.69 Å². The van der Waals surface area contributed by atoms with Crippen molar-refractivity contribution in [1.29, 1.82) is 0 Å². The Morgan fingerprint density at radius 1 is 1.29 bits per heavy atom. The van der Waals surface area contributed by atoms with Crippen LogP contribution in [0.1, 0.15) is 49.6 Å². The van der Waals surface area contributed by atoms with Crippen molar-refractivity contribution in [2.75, 3.05) is 0 Å². The third kappa shape index (κ3) is 2.35. The van der Waals surface area contributed by atoms with Gasteiger partial charge in [0.15, 0.2) is 0 Å². The lowest BCUT2D eigenvalue weighted by Crippen LogP contribution is -2.30. The summed E-state index contributed by atoms with van der Waals surface area (Å²) < 4.78 is 5.50. The van der Waals surface area contributed by atoms with Gasteiger partial charge in [-0.25, -0.2) is 0 Å². The molecule has 5 heteroatoms. The lowest BCUT2D eigenvalue weighted by atomic mass is 9.85. The van der Waals surface area contributed by atoms with Gasteiger partial charge in [0, 0.05) is 12.2 Å². The third-order valence-corrected chi connectivity index (χ3v) is 4.82. The third-order valence-electron chi connectivity index (χ3n) is 4.82. The second-order valence-corrected chi connectivity index (χ2v) is 6.23. The molecule has 0 spiro atoms. The standard InChI is InChI=1S/C16H20N4O/c1-10-5-4-8-17-14(10)15-19-16(21-20-15)13-9-11-6-2-3-7-12(11)18-13/h4-5,8,11-13,18H,2-3,6-7,9H2,1H3. The minimum absolute atomic E-state index is 0.211. The molecule has 1 aliphatic heterocycles. The average Bonchev–Trinajstić information content (AvgIpc) is 3.14. The second-order valence-electron chi connectivity index (χ2n) is 6.23. The number of nitrogens with one attached hydrogen (secondary N) is 1. The Bertz CT molecular complexity index is 625. The van der Waals surface area contributed by atoms with Gasteiger partial charge in [-0.2, -0.15) is 4.98 Å². The summed E-state index contributed by atoms with van der Waals surface area (Å²) in [6, 6.07) is 4.78. The molecule has 1 aliphatic carbocycles. The van der Waals surface area contributed by atoms with E-state index in [0.29, 0.717) is 17.8 Å². The van der Waals surface area contributed by atoms with Crippen molar-refractivity contribution in [2.24, 2.45) is 5.92 Å². The van der Waals surface area contributed by atoms with E-state index in [4.69, 9.17) is 4.52 Å². The monoisotopic (exact) mass is 284 g/mol. The molecule has 2 aromatic heterocycles. The van der Waals surface area contributed by atoms with Crippen LogP contribution in [0.4, 0.5) is 0 Å². The Morgan fingerprint density at radius 3 is 3.05 bits per heavy atom. The molecule has 2 aliphatic rings. The van der Waals surface area contributed by atoms with E-state index in [1.165, 1.54) is 25.7 Å². The van der Waals surface area contributed by atoms with E-state index in [1.54, 1.807) is 6.20 Å². The first-order valence-electron chi connectivity index (χ1n) is 7.83. The van der Waals surface area contributed by atoms with Gasteiger partial charge in [-0.15, -0.1) is 0 Å². The molecular weight excluding hydrogens is 264 g/mol. The van der Waals surface area contributed by atoms with Gasteiger partial charge in [0.25, 0.3) is 0 Å². The largest absolute Gasteiger partial charge is 0.337 e. The number of nitrogens with zero attached hydrogens (tertiary/aromatic N) is 3. The molecule has 2 fully saturated rings. The Morgan fingerprint density at radius 2 is 2.19 bits per heavy atom. The number of pyridine rings is 1. The van der Waals surface area contributed by atoms with Gasteiger partial charge >= 0.3 is 0 Å². The lowest BCUT2D eigenvalue weighted by molar-refractivity contribution is 0.324. The molecule has 0 amide bonds. The van der Waals surface area contributed by atoms with Crippen molar-refractivity contribution in [2.45, 2.75) is 51.1 Å². The molecule has 3 heterocycles. The minimum atomic E-state index is 0.211. The number of aryl methyl sites for hydroxylation is 1. The summed E-state index contributed by atoms with van der Waals surface area (Å²) in [5.74, 6) is 2.08. The minimum Gasteiger partial charge on any atom is -0.337 e. The van der Waals surface area contributed by atoms with Crippen LogP contribution in [0.2, 0.25) is 0 Å². The summed E-state index contributed by atoms with van der Waals surface area (Å²) in [5.41, 5.74) is 1.88. The van der Waals surface area contributed by atoms with Crippen LogP contribution in [-0.2, 0) is 0 Å². The van der Waals surface area contributed by atoms with Gasteiger partial charge in [0.2, 0.25) is 11.7 Å². The van der Waals surface area contributed by atoms with E-state index < -0.39 is 0 Å². The van der Waals surface area contributed by atoms with E-state index in [9.17, 15) is 0 Å². The molecule has 0 aromatic carbocycles. The highest BCUT2D eigenvalue weighted by atomic mass is 16.5. The zero-order valence-electron chi connectivity index (χ0n) is 12.2. The average molecular weight is 284 g/mol. The molecule has 1 N–H and O–H groups in total. The fourth-order valence-electron chi connectivity index (χ4n) is 3.70. The van der Waals surface area contributed by atoms with Gasteiger partial charge in [-0.1, -0.05) is 24.1 Å². The van der Waals surface area contributed by atoms with E-state index in [-0.39, 0.29) is 6.04 Å². The summed E-state index contributed by atoms with van der Waals surface area (Å²) in [6.45, 7) is 2.01. The van der Waals surface area contributed by atoms with E-state index in [2.05, 4.69) is 20.4 Å². The summed E-state index contributed by atoms with van der Waals surface area (Å²) in [5, 5.41) is 7.79. The van der Waals surface area contributed by atoms with Crippen molar-refractivity contribution in [3.8, 4) is 11.5 Å². The van der Waals surface area contributed by atoms with Gasteiger partial charge < -0.3 is 9.84 Å². The Balaban J connectivity index is 1.56. The van der Waals surface area contributed by atoms with E-state index in [1.807, 2.05) is 19.1 Å². The topological polar surface area (TPSA) is 63.8 Å². The highest BCUT2D eigenvalue weighted by molar-refractivity contribution is 5.53. The van der Waals surface area contributed by atoms with Crippen LogP contribution in [0.5, 0.6) is 0 Å². The maximum absolute atomic E-state index is 5.50. The molecule has 3 unspecified atom stereocenters. The van der Waals surface area contributed by atoms with Crippen LogP contribution in [-0.4, -0.2) is 21.2 Å². The predicted molar refractivity (Wildman–Crippen MR) is 78.5 cm³/mol. The van der Waals surface area contributed by atoms with Crippen LogP contribution < -0.4 is 5.32 Å². The first-order valence-corrected chi connectivity index (χ1v) is 7.83. The second kappa shape index (κ2) is 5.22. The van der Waals surface area contributed by atoms with Crippen molar-refractivity contribution < 1.29 is 4.52 Å². The zero-order valence-corrected chi connectivity index (χ0v) is 12.2. The van der Waals surface area contributed by atoms with E-state index >= 15 is 0 Å². The highest BCUT2D eigenvalue weighted by Crippen LogP contribution is 2.38. The zero-order chi connectivity index (χ0) is 14.2. The fraction of sp³-hybridized carbons (Fsp3) is 0.562. The van der Waals surface area contributed by atoms with Crippen LogP contribution in [0, 0.1) is 12.8 Å². The molecule has 4 rings (SSSR count). The molecule has 2 aromatic rings.